The Morgan fingerprint density at radius 2 is 2.08 bits per heavy atom. The minimum Gasteiger partial charge on any atom is -0.452 e. The van der Waals surface area contributed by atoms with Gasteiger partial charge in [0, 0.05) is 29.5 Å². The Balaban J connectivity index is 1.57. The highest BCUT2D eigenvalue weighted by atomic mass is 16.5. The van der Waals surface area contributed by atoms with Crippen molar-refractivity contribution >= 4 is 23.6 Å². The topological polar surface area (TPSA) is 99.6 Å². The summed E-state index contributed by atoms with van der Waals surface area (Å²) in [4.78, 5) is 15.3. The molecule has 4 aromatic heterocycles. The van der Waals surface area contributed by atoms with Crippen LogP contribution >= 0.6 is 0 Å². The molecule has 0 unspecified atom stereocenters. The molecule has 1 amide bonds. The maximum Gasteiger partial charge on any atom is 0.284 e. The van der Waals surface area contributed by atoms with Crippen molar-refractivity contribution in [3.05, 3.63) is 65.7 Å². The summed E-state index contributed by atoms with van der Waals surface area (Å²) >= 11 is 0. The zero-order valence-electron chi connectivity index (χ0n) is 13.3. The highest BCUT2D eigenvalue weighted by Crippen LogP contribution is 2.19. The lowest BCUT2D eigenvalue weighted by Crippen LogP contribution is -2.09. The number of furan rings is 1. The molecule has 0 saturated heterocycles. The van der Waals surface area contributed by atoms with Crippen LogP contribution in [0, 0.1) is 6.92 Å². The van der Waals surface area contributed by atoms with Crippen LogP contribution in [-0.4, -0.2) is 20.4 Å². The molecule has 4 aromatic rings. The average molecular weight is 334 g/mol. The van der Waals surface area contributed by atoms with E-state index in [9.17, 15) is 4.79 Å². The summed E-state index contributed by atoms with van der Waals surface area (Å²) in [5.41, 5.74) is 8.28. The third-order valence-electron chi connectivity index (χ3n) is 3.69. The van der Waals surface area contributed by atoms with Crippen LogP contribution < -0.4 is 5.73 Å². The second-order valence-electron chi connectivity index (χ2n) is 5.62. The molecule has 0 saturated carbocycles. The average Bonchev–Trinajstić information content (AvgIpc) is 3.30. The van der Waals surface area contributed by atoms with Crippen LogP contribution in [0.2, 0.25) is 0 Å². The number of fused-ring (bicyclic) bond motifs is 1. The Morgan fingerprint density at radius 1 is 1.20 bits per heavy atom. The number of nitrogens with zero attached hydrogens (tertiary/aromatic N) is 3. The maximum atomic E-state index is 11.0. The molecule has 4 rings (SSSR count). The third-order valence-corrected chi connectivity index (χ3v) is 3.69. The number of aryl methyl sites for hydroxylation is 1. The summed E-state index contributed by atoms with van der Waals surface area (Å²) in [5.74, 6) is 0.773. The Kier molecular flexibility index (Phi) is 3.46. The highest BCUT2D eigenvalue weighted by Gasteiger charge is 2.09. The molecular formula is C18H14N4O3. The van der Waals surface area contributed by atoms with E-state index in [0.717, 1.165) is 11.1 Å². The van der Waals surface area contributed by atoms with Gasteiger partial charge in [0.05, 0.1) is 0 Å². The number of carbonyl (C=O) groups excluding carboxylic acids is 1. The van der Waals surface area contributed by atoms with Gasteiger partial charge < -0.3 is 19.1 Å². The van der Waals surface area contributed by atoms with E-state index in [1.165, 1.54) is 11.6 Å². The van der Waals surface area contributed by atoms with E-state index in [4.69, 9.17) is 14.7 Å². The molecule has 0 radical (unpaired) electrons. The van der Waals surface area contributed by atoms with Gasteiger partial charge >= 0.3 is 0 Å². The predicted octanol–water partition coefficient (Wildman–Crippen LogP) is 3.16. The molecule has 7 nitrogen and oxygen atoms in total. The number of hydrogen-bond acceptors (Lipinski definition) is 5. The van der Waals surface area contributed by atoms with Crippen molar-refractivity contribution < 1.29 is 13.7 Å². The Hall–Kier alpha value is -3.61. The zero-order chi connectivity index (χ0) is 17.4. The molecule has 0 aliphatic heterocycles. The van der Waals surface area contributed by atoms with E-state index in [2.05, 4.69) is 16.2 Å². The van der Waals surface area contributed by atoms with E-state index in [-0.39, 0.29) is 5.76 Å². The molecule has 0 aliphatic carbocycles. The monoisotopic (exact) mass is 334 g/mol. The van der Waals surface area contributed by atoms with Crippen molar-refractivity contribution in [1.29, 1.82) is 0 Å². The Morgan fingerprint density at radius 3 is 2.88 bits per heavy atom. The molecule has 0 aromatic carbocycles. The van der Waals surface area contributed by atoms with E-state index in [0.29, 0.717) is 17.5 Å². The van der Waals surface area contributed by atoms with Gasteiger partial charge in [0.1, 0.15) is 5.76 Å². The van der Waals surface area contributed by atoms with E-state index >= 15 is 0 Å². The number of carbonyl (C=O) groups is 1. The van der Waals surface area contributed by atoms with Crippen LogP contribution in [0.3, 0.4) is 0 Å². The molecule has 4 heterocycles. The van der Waals surface area contributed by atoms with Gasteiger partial charge in [-0.25, -0.2) is 0 Å². The van der Waals surface area contributed by atoms with Crippen LogP contribution in [-0.2, 0) is 0 Å². The lowest BCUT2D eigenvalue weighted by atomic mass is 10.2. The molecule has 2 N–H and O–H groups in total. The van der Waals surface area contributed by atoms with Crippen LogP contribution in [0.5, 0.6) is 0 Å². The van der Waals surface area contributed by atoms with Gasteiger partial charge in [0.2, 0.25) is 5.82 Å². The molecule has 0 atom stereocenters. The van der Waals surface area contributed by atoms with Gasteiger partial charge in [-0.1, -0.05) is 5.16 Å². The highest BCUT2D eigenvalue weighted by molar-refractivity contribution is 5.90. The zero-order valence-corrected chi connectivity index (χ0v) is 13.3. The molecule has 0 aliphatic rings. The van der Waals surface area contributed by atoms with Crippen LogP contribution in [0.25, 0.3) is 29.1 Å². The fraction of sp³-hybridized carbons (Fsp3) is 0.0556. The number of nitrogens with two attached hydrogens (primary N) is 1. The first kappa shape index (κ1) is 14.9. The number of hydrogen-bond donors (Lipinski definition) is 1. The van der Waals surface area contributed by atoms with E-state index in [1.54, 1.807) is 18.2 Å². The number of primary amides is 1. The lowest BCUT2D eigenvalue weighted by Gasteiger charge is -1.97. The number of aromatic nitrogens is 3. The second-order valence-corrected chi connectivity index (χ2v) is 5.62. The molecular weight excluding hydrogens is 320 g/mol. The van der Waals surface area contributed by atoms with Crippen molar-refractivity contribution in [1.82, 2.24) is 14.5 Å². The molecule has 0 bridgehead atoms. The van der Waals surface area contributed by atoms with Crippen molar-refractivity contribution in [2.24, 2.45) is 5.73 Å². The SMILES string of the molecule is Cc1cc2ccc(-c3noc(/C=C/c4ccc(C(N)=O)o4)n3)cn2c1. The van der Waals surface area contributed by atoms with E-state index in [1.807, 2.05) is 35.9 Å². The normalized spacial score (nSPS) is 11.6. The van der Waals surface area contributed by atoms with Gasteiger partial charge in [-0.3, -0.25) is 4.79 Å². The number of rotatable bonds is 4. The van der Waals surface area contributed by atoms with Crippen molar-refractivity contribution in [2.75, 3.05) is 0 Å². The summed E-state index contributed by atoms with van der Waals surface area (Å²) in [7, 11) is 0. The third kappa shape index (κ3) is 2.94. The minimum atomic E-state index is -0.615. The quantitative estimate of drug-likeness (QED) is 0.618. The van der Waals surface area contributed by atoms with Crippen LogP contribution in [0.1, 0.15) is 27.8 Å². The van der Waals surface area contributed by atoms with Crippen molar-refractivity contribution in [3.8, 4) is 11.4 Å². The van der Waals surface area contributed by atoms with Gasteiger partial charge in [0.25, 0.3) is 11.8 Å². The molecule has 0 spiro atoms. The van der Waals surface area contributed by atoms with Gasteiger partial charge in [-0.2, -0.15) is 4.98 Å². The van der Waals surface area contributed by atoms with Crippen LogP contribution in [0.4, 0.5) is 0 Å². The number of amides is 1. The first-order valence-electron chi connectivity index (χ1n) is 7.59. The molecule has 25 heavy (non-hydrogen) atoms. The Labute approximate surface area is 142 Å². The summed E-state index contributed by atoms with van der Waals surface area (Å²) in [6.45, 7) is 2.04. The Bertz CT molecular complexity index is 1100. The van der Waals surface area contributed by atoms with Gasteiger partial charge in [-0.15, -0.1) is 0 Å². The lowest BCUT2D eigenvalue weighted by molar-refractivity contribution is 0.0973. The summed E-state index contributed by atoms with van der Waals surface area (Å²) in [6.07, 6.45) is 7.22. The van der Waals surface area contributed by atoms with Crippen molar-refractivity contribution in [3.63, 3.8) is 0 Å². The molecule has 0 fully saturated rings. The fourth-order valence-electron chi connectivity index (χ4n) is 2.53. The smallest absolute Gasteiger partial charge is 0.284 e. The van der Waals surface area contributed by atoms with Crippen molar-refractivity contribution in [2.45, 2.75) is 6.92 Å². The number of pyridine rings is 1. The summed E-state index contributed by atoms with van der Waals surface area (Å²) < 4.78 is 12.5. The van der Waals surface area contributed by atoms with E-state index < -0.39 is 5.91 Å². The fourth-order valence-corrected chi connectivity index (χ4v) is 2.53. The van der Waals surface area contributed by atoms with Gasteiger partial charge in [0.15, 0.2) is 5.76 Å². The summed E-state index contributed by atoms with van der Waals surface area (Å²) in [6, 6.07) is 9.19. The van der Waals surface area contributed by atoms with Gasteiger partial charge in [-0.05, 0) is 48.9 Å². The van der Waals surface area contributed by atoms with Crippen LogP contribution in [0.15, 0.2) is 51.7 Å². The minimum absolute atomic E-state index is 0.0983. The molecule has 7 heteroatoms. The largest absolute Gasteiger partial charge is 0.452 e. The standard InChI is InChI=1S/C18H14N4O3/c1-11-8-13-3-2-12(10-22(13)9-11)18-20-16(25-21-18)7-5-14-4-6-15(24-14)17(19)23/h2-10H,1H3,(H2,19,23)/b7-5+. The predicted molar refractivity (Wildman–Crippen MR) is 91.6 cm³/mol. The summed E-state index contributed by atoms with van der Waals surface area (Å²) in [5, 5.41) is 3.99. The maximum absolute atomic E-state index is 11.0. The molecule has 124 valence electrons. The first-order chi connectivity index (χ1) is 12.1. The first-order valence-corrected chi connectivity index (χ1v) is 7.59. The second kappa shape index (κ2) is 5.79.